The van der Waals surface area contributed by atoms with E-state index >= 15 is 0 Å². The molecule has 14 heavy (non-hydrogen) atoms. The molecule has 0 aliphatic carbocycles. The number of pyridine rings is 1. The van der Waals surface area contributed by atoms with Gasteiger partial charge in [0.15, 0.2) is 0 Å². The quantitative estimate of drug-likeness (QED) is 0.905. The lowest BCUT2D eigenvalue weighted by molar-refractivity contribution is -0.141. The topological polar surface area (TPSA) is 50.2 Å². The first kappa shape index (κ1) is 11.2. The van der Waals surface area contributed by atoms with Gasteiger partial charge in [0.25, 0.3) is 0 Å². The fourth-order valence-electron chi connectivity index (χ4n) is 1.11. The summed E-state index contributed by atoms with van der Waals surface area (Å²) in [7, 11) is 0. The number of rotatable bonds is 3. The van der Waals surface area contributed by atoms with Crippen LogP contribution in [0.1, 0.15) is 18.3 Å². The molecule has 0 spiro atoms. The Morgan fingerprint density at radius 2 is 2.29 bits per heavy atom. The summed E-state index contributed by atoms with van der Waals surface area (Å²) in [4.78, 5) is 14.9. The van der Waals surface area contributed by atoms with Crippen LogP contribution >= 0.6 is 15.9 Å². The number of aliphatic carboxylic acids is 1. The maximum absolute atomic E-state index is 10.7. The van der Waals surface area contributed by atoms with Crippen molar-refractivity contribution in [2.24, 2.45) is 5.92 Å². The van der Waals surface area contributed by atoms with Gasteiger partial charge in [-0.3, -0.25) is 9.78 Å². The minimum absolute atomic E-state index is 0.402. The predicted molar refractivity (Wildman–Crippen MR) is 57.2 cm³/mol. The van der Waals surface area contributed by atoms with Gasteiger partial charge in [0.2, 0.25) is 0 Å². The Bertz CT molecular complexity index is 352. The minimum Gasteiger partial charge on any atom is -0.481 e. The molecule has 3 nitrogen and oxygen atoms in total. The Morgan fingerprint density at radius 3 is 2.86 bits per heavy atom. The zero-order chi connectivity index (χ0) is 10.7. The molecule has 0 radical (unpaired) electrons. The van der Waals surface area contributed by atoms with E-state index in [2.05, 4.69) is 20.9 Å². The van der Waals surface area contributed by atoms with Gasteiger partial charge in [-0.05, 0) is 35.0 Å². The molecule has 0 aromatic carbocycles. The Balaban J connectivity index is 2.85. The van der Waals surface area contributed by atoms with Crippen molar-refractivity contribution in [3.8, 4) is 0 Å². The summed E-state index contributed by atoms with van der Waals surface area (Å²) in [5, 5.41) is 8.76. The molecule has 0 saturated heterocycles. The smallest absolute Gasteiger partial charge is 0.306 e. The molecule has 76 valence electrons. The summed E-state index contributed by atoms with van der Waals surface area (Å²) in [5.41, 5.74) is 1.71. The molecule has 0 aliphatic rings. The summed E-state index contributed by atoms with van der Waals surface area (Å²) in [6.07, 6.45) is 0.456. The Kier molecular flexibility index (Phi) is 3.63. The maximum Gasteiger partial charge on any atom is 0.306 e. The first-order chi connectivity index (χ1) is 6.50. The number of hydrogen-bond acceptors (Lipinski definition) is 2. The third-order valence-corrected chi connectivity index (χ3v) is 2.70. The van der Waals surface area contributed by atoms with Gasteiger partial charge < -0.3 is 5.11 Å². The summed E-state index contributed by atoms with van der Waals surface area (Å²) in [5.74, 6) is -1.19. The molecule has 1 atom stereocenters. The van der Waals surface area contributed by atoms with E-state index in [-0.39, 0.29) is 0 Å². The average Bonchev–Trinajstić information content (AvgIpc) is 2.11. The van der Waals surface area contributed by atoms with Crippen LogP contribution in [0.2, 0.25) is 0 Å². The van der Waals surface area contributed by atoms with E-state index in [4.69, 9.17) is 5.11 Å². The summed E-state index contributed by atoms with van der Waals surface area (Å²) in [6.45, 7) is 3.57. The Hall–Kier alpha value is -0.900. The van der Waals surface area contributed by atoms with Gasteiger partial charge in [-0.25, -0.2) is 0 Å². The van der Waals surface area contributed by atoms with Crippen LogP contribution in [0.4, 0.5) is 0 Å². The number of carbonyl (C=O) groups is 1. The molecule has 0 amide bonds. The van der Waals surface area contributed by atoms with Crippen molar-refractivity contribution in [1.29, 1.82) is 0 Å². The van der Waals surface area contributed by atoms with E-state index in [9.17, 15) is 4.79 Å². The molecule has 1 heterocycles. The third-order valence-electron chi connectivity index (χ3n) is 1.98. The van der Waals surface area contributed by atoms with E-state index in [1.165, 1.54) is 0 Å². The number of carboxylic acids is 1. The predicted octanol–water partition coefficient (Wildman–Crippen LogP) is 2.42. The fourth-order valence-corrected chi connectivity index (χ4v) is 1.50. The van der Waals surface area contributed by atoms with Gasteiger partial charge in [0.1, 0.15) is 0 Å². The Labute approximate surface area is 91.3 Å². The van der Waals surface area contributed by atoms with Gasteiger partial charge in [-0.2, -0.15) is 0 Å². The molecular formula is C10H12BrNO2. The first-order valence-electron chi connectivity index (χ1n) is 4.35. The van der Waals surface area contributed by atoms with Crippen LogP contribution in [-0.4, -0.2) is 16.1 Å². The van der Waals surface area contributed by atoms with Crippen molar-refractivity contribution < 1.29 is 9.90 Å². The third kappa shape index (κ3) is 2.80. The second kappa shape index (κ2) is 4.55. The number of nitrogens with zero attached hydrogens (tertiary/aromatic N) is 1. The molecule has 4 heteroatoms. The lowest BCUT2D eigenvalue weighted by Gasteiger charge is -2.07. The van der Waals surface area contributed by atoms with Crippen molar-refractivity contribution in [3.05, 3.63) is 28.0 Å². The second-order valence-electron chi connectivity index (χ2n) is 3.32. The van der Waals surface area contributed by atoms with E-state index in [1.807, 2.05) is 19.1 Å². The zero-order valence-electron chi connectivity index (χ0n) is 8.12. The molecule has 1 unspecified atom stereocenters. The molecule has 1 aromatic heterocycles. The number of carboxylic acid groups (broad SMARTS) is 1. The highest BCUT2D eigenvalue weighted by Gasteiger charge is 2.14. The lowest BCUT2D eigenvalue weighted by Crippen LogP contribution is -2.13. The SMILES string of the molecule is Cc1ccc(Br)c(CC(C)C(=O)O)n1. The minimum atomic E-state index is -0.791. The van der Waals surface area contributed by atoms with Crippen LogP contribution in [0.15, 0.2) is 16.6 Å². The molecular weight excluding hydrogens is 246 g/mol. The van der Waals surface area contributed by atoms with Gasteiger partial charge in [-0.15, -0.1) is 0 Å². The second-order valence-corrected chi connectivity index (χ2v) is 4.18. The van der Waals surface area contributed by atoms with Crippen LogP contribution in [-0.2, 0) is 11.2 Å². The number of aryl methyl sites for hydroxylation is 1. The highest BCUT2D eigenvalue weighted by atomic mass is 79.9. The van der Waals surface area contributed by atoms with Crippen molar-refractivity contribution >= 4 is 21.9 Å². The summed E-state index contributed by atoms with van der Waals surface area (Å²) in [6, 6.07) is 3.78. The normalized spacial score (nSPS) is 12.5. The van der Waals surface area contributed by atoms with Crippen molar-refractivity contribution in [2.75, 3.05) is 0 Å². The first-order valence-corrected chi connectivity index (χ1v) is 5.15. The Morgan fingerprint density at radius 1 is 1.64 bits per heavy atom. The van der Waals surface area contributed by atoms with Gasteiger partial charge in [0, 0.05) is 16.6 Å². The highest BCUT2D eigenvalue weighted by molar-refractivity contribution is 9.10. The molecule has 0 saturated carbocycles. The zero-order valence-corrected chi connectivity index (χ0v) is 9.71. The van der Waals surface area contributed by atoms with E-state index in [0.717, 1.165) is 15.9 Å². The number of halogens is 1. The largest absolute Gasteiger partial charge is 0.481 e. The number of hydrogen-bond donors (Lipinski definition) is 1. The van der Waals surface area contributed by atoms with Gasteiger partial charge in [0.05, 0.1) is 11.6 Å². The van der Waals surface area contributed by atoms with Crippen LogP contribution in [0.25, 0.3) is 0 Å². The van der Waals surface area contributed by atoms with E-state index < -0.39 is 11.9 Å². The number of aromatic nitrogens is 1. The summed E-state index contributed by atoms with van der Waals surface area (Å²) < 4.78 is 0.871. The summed E-state index contributed by atoms with van der Waals surface area (Å²) >= 11 is 3.35. The fraction of sp³-hybridized carbons (Fsp3) is 0.400. The monoisotopic (exact) mass is 257 g/mol. The van der Waals surface area contributed by atoms with E-state index in [0.29, 0.717) is 6.42 Å². The molecule has 1 rings (SSSR count). The van der Waals surface area contributed by atoms with Crippen molar-refractivity contribution in [2.45, 2.75) is 20.3 Å². The molecule has 0 aliphatic heterocycles. The molecule has 1 N–H and O–H groups in total. The molecule has 0 bridgehead atoms. The standard InChI is InChI=1S/C10H12BrNO2/c1-6(10(13)14)5-9-8(11)4-3-7(2)12-9/h3-4,6H,5H2,1-2H3,(H,13,14). The maximum atomic E-state index is 10.7. The van der Waals surface area contributed by atoms with Crippen molar-refractivity contribution in [1.82, 2.24) is 4.98 Å². The molecule has 0 fully saturated rings. The van der Waals surface area contributed by atoms with Crippen molar-refractivity contribution in [3.63, 3.8) is 0 Å². The van der Waals surface area contributed by atoms with Crippen LogP contribution in [0.3, 0.4) is 0 Å². The van der Waals surface area contributed by atoms with Crippen LogP contribution < -0.4 is 0 Å². The highest BCUT2D eigenvalue weighted by Crippen LogP contribution is 2.18. The lowest BCUT2D eigenvalue weighted by atomic mass is 10.1. The molecule has 1 aromatic rings. The van der Waals surface area contributed by atoms with Gasteiger partial charge >= 0.3 is 5.97 Å². The van der Waals surface area contributed by atoms with Crippen LogP contribution in [0, 0.1) is 12.8 Å². The van der Waals surface area contributed by atoms with E-state index in [1.54, 1.807) is 6.92 Å². The average molecular weight is 258 g/mol. The van der Waals surface area contributed by atoms with Crippen LogP contribution in [0.5, 0.6) is 0 Å². The van der Waals surface area contributed by atoms with Gasteiger partial charge in [-0.1, -0.05) is 6.92 Å².